The Kier molecular flexibility index (Phi) is 3.84. The van der Waals surface area contributed by atoms with Gasteiger partial charge in [-0.1, -0.05) is 25.1 Å². The number of rotatable bonds is 3. The summed E-state index contributed by atoms with van der Waals surface area (Å²) in [5.41, 5.74) is 1.27. The third-order valence-corrected chi connectivity index (χ3v) is 2.98. The second kappa shape index (κ2) is 5.56. The zero-order valence-corrected chi connectivity index (χ0v) is 11.2. The minimum Gasteiger partial charge on any atom is -0.494 e. The first-order chi connectivity index (χ1) is 9.52. The number of nitrogens with one attached hydrogen (secondary N) is 2. The van der Waals surface area contributed by atoms with Crippen LogP contribution < -0.4 is 11.2 Å². The highest BCUT2D eigenvalue weighted by Crippen LogP contribution is 2.24. The molecule has 2 rings (SSSR count). The quantitative estimate of drug-likeness (QED) is 0.737. The van der Waals surface area contributed by atoms with Gasteiger partial charge in [-0.3, -0.25) is 19.8 Å². The monoisotopic (exact) mass is 273 g/mol. The molecule has 0 radical (unpaired) electrons. The molecule has 0 saturated carbocycles. The van der Waals surface area contributed by atoms with Crippen molar-refractivity contribution in [1.82, 2.24) is 9.97 Å². The Bertz CT molecular complexity index is 772. The van der Waals surface area contributed by atoms with Gasteiger partial charge in [-0.05, 0) is 24.5 Å². The van der Waals surface area contributed by atoms with Crippen molar-refractivity contribution in [2.24, 2.45) is 4.99 Å². The highest BCUT2D eigenvalue weighted by atomic mass is 16.3. The molecule has 0 bridgehead atoms. The van der Waals surface area contributed by atoms with E-state index in [-0.39, 0.29) is 5.56 Å². The van der Waals surface area contributed by atoms with Gasteiger partial charge in [0.2, 0.25) is 5.88 Å². The standard InChI is InChI=1S/C14H15N3O3/c1-3-9-6-4-5-8(2)11(9)15-7-10-12(18)16-14(20)17-13(10)19/h4-7H,3H2,1-2H3,(H3,16,17,18,19,20). The fourth-order valence-corrected chi connectivity index (χ4v) is 1.92. The molecule has 0 aliphatic rings. The Balaban J connectivity index is 2.51. The molecule has 6 heteroatoms. The minimum absolute atomic E-state index is 0.0742. The summed E-state index contributed by atoms with van der Waals surface area (Å²) in [6.45, 7) is 3.93. The van der Waals surface area contributed by atoms with Crippen molar-refractivity contribution >= 4 is 11.9 Å². The Morgan fingerprint density at radius 3 is 2.70 bits per heavy atom. The highest BCUT2D eigenvalue weighted by Gasteiger charge is 2.07. The summed E-state index contributed by atoms with van der Waals surface area (Å²) in [4.78, 5) is 31.0. The smallest absolute Gasteiger partial charge is 0.328 e. The molecule has 0 spiro atoms. The Labute approximate surface area is 114 Å². The van der Waals surface area contributed by atoms with Crippen LogP contribution in [0.3, 0.4) is 0 Å². The zero-order valence-electron chi connectivity index (χ0n) is 11.2. The molecule has 20 heavy (non-hydrogen) atoms. The number of hydrogen-bond acceptors (Lipinski definition) is 4. The molecule has 6 nitrogen and oxygen atoms in total. The number of hydrogen-bond donors (Lipinski definition) is 3. The van der Waals surface area contributed by atoms with Gasteiger partial charge in [0.25, 0.3) is 5.56 Å². The number of benzene rings is 1. The van der Waals surface area contributed by atoms with Crippen molar-refractivity contribution < 1.29 is 5.11 Å². The molecule has 0 fully saturated rings. The summed E-state index contributed by atoms with van der Waals surface area (Å²) in [6, 6.07) is 5.82. The fourth-order valence-electron chi connectivity index (χ4n) is 1.92. The molecule has 0 saturated heterocycles. The van der Waals surface area contributed by atoms with Gasteiger partial charge >= 0.3 is 5.69 Å². The molecule has 0 aliphatic carbocycles. The molecule has 3 N–H and O–H groups in total. The molecule has 1 heterocycles. The normalized spacial score (nSPS) is 11.1. The molecular formula is C14H15N3O3. The first kappa shape index (κ1) is 13.8. The number of aromatic amines is 2. The highest BCUT2D eigenvalue weighted by molar-refractivity contribution is 5.84. The summed E-state index contributed by atoms with van der Waals surface area (Å²) in [6.07, 6.45) is 2.06. The van der Waals surface area contributed by atoms with Crippen LogP contribution >= 0.6 is 0 Å². The molecular weight excluding hydrogens is 258 g/mol. The largest absolute Gasteiger partial charge is 0.494 e. The van der Waals surface area contributed by atoms with Crippen LogP contribution in [0.15, 0.2) is 32.8 Å². The Hall–Kier alpha value is -2.63. The number of nitrogens with zero attached hydrogens (tertiary/aromatic N) is 1. The van der Waals surface area contributed by atoms with E-state index in [0.29, 0.717) is 0 Å². The van der Waals surface area contributed by atoms with Crippen LogP contribution in [-0.4, -0.2) is 21.3 Å². The van der Waals surface area contributed by atoms with E-state index in [9.17, 15) is 14.7 Å². The topological polar surface area (TPSA) is 98.3 Å². The van der Waals surface area contributed by atoms with Crippen LogP contribution in [0.1, 0.15) is 23.6 Å². The summed E-state index contributed by atoms with van der Waals surface area (Å²) in [7, 11) is 0. The third-order valence-electron chi connectivity index (χ3n) is 2.98. The lowest BCUT2D eigenvalue weighted by atomic mass is 10.1. The maximum absolute atomic E-state index is 11.6. The molecule has 2 aromatic rings. The molecule has 104 valence electrons. The molecule has 0 unspecified atom stereocenters. The van der Waals surface area contributed by atoms with Gasteiger partial charge in [0.15, 0.2) is 0 Å². The Morgan fingerprint density at radius 2 is 2.05 bits per heavy atom. The zero-order chi connectivity index (χ0) is 14.7. The van der Waals surface area contributed by atoms with Crippen LogP contribution in [0.5, 0.6) is 5.88 Å². The van der Waals surface area contributed by atoms with Gasteiger partial charge in [-0.25, -0.2) is 4.79 Å². The van der Waals surface area contributed by atoms with E-state index < -0.39 is 17.1 Å². The van der Waals surface area contributed by atoms with E-state index in [0.717, 1.165) is 23.2 Å². The predicted molar refractivity (Wildman–Crippen MR) is 77.2 cm³/mol. The van der Waals surface area contributed by atoms with E-state index >= 15 is 0 Å². The lowest BCUT2D eigenvalue weighted by molar-refractivity contribution is 0.447. The van der Waals surface area contributed by atoms with Crippen LogP contribution in [0, 0.1) is 6.92 Å². The van der Waals surface area contributed by atoms with Crippen molar-refractivity contribution in [3.8, 4) is 5.88 Å². The van der Waals surface area contributed by atoms with Crippen molar-refractivity contribution in [3.63, 3.8) is 0 Å². The maximum atomic E-state index is 11.6. The Morgan fingerprint density at radius 1 is 1.30 bits per heavy atom. The van der Waals surface area contributed by atoms with Gasteiger partial charge in [0, 0.05) is 6.21 Å². The molecule has 1 aromatic carbocycles. The van der Waals surface area contributed by atoms with Crippen molar-refractivity contribution in [2.75, 3.05) is 0 Å². The van der Waals surface area contributed by atoms with Gasteiger partial charge in [0.05, 0.1) is 5.69 Å². The van der Waals surface area contributed by atoms with Crippen molar-refractivity contribution in [2.45, 2.75) is 20.3 Å². The van der Waals surface area contributed by atoms with E-state index in [1.165, 1.54) is 6.21 Å². The van der Waals surface area contributed by atoms with Gasteiger partial charge < -0.3 is 5.11 Å². The molecule has 0 atom stereocenters. The average molecular weight is 273 g/mol. The van der Waals surface area contributed by atoms with E-state index in [4.69, 9.17) is 0 Å². The first-order valence-electron chi connectivity index (χ1n) is 6.21. The summed E-state index contributed by atoms with van der Waals surface area (Å²) < 4.78 is 0. The molecule has 0 aliphatic heterocycles. The SMILES string of the molecule is CCc1cccc(C)c1N=Cc1c(O)[nH]c(=O)[nH]c1=O. The van der Waals surface area contributed by atoms with Gasteiger partial charge in [-0.15, -0.1) is 0 Å². The second-order valence-corrected chi connectivity index (χ2v) is 4.36. The van der Waals surface area contributed by atoms with Crippen LogP contribution in [0.4, 0.5) is 5.69 Å². The van der Waals surface area contributed by atoms with E-state index in [1.807, 2.05) is 37.0 Å². The van der Waals surface area contributed by atoms with Crippen LogP contribution in [0.25, 0.3) is 0 Å². The number of H-pyrrole nitrogens is 2. The summed E-state index contributed by atoms with van der Waals surface area (Å²) in [5.74, 6) is -0.492. The first-order valence-corrected chi connectivity index (χ1v) is 6.21. The number of para-hydroxylation sites is 1. The van der Waals surface area contributed by atoms with E-state index in [2.05, 4.69) is 9.98 Å². The maximum Gasteiger partial charge on any atom is 0.328 e. The number of aromatic nitrogens is 2. The predicted octanol–water partition coefficient (Wildman–Crippen LogP) is 1.39. The lowest BCUT2D eigenvalue weighted by Gasteiger charge is -2.06. The lowest BCUT2D eigenvalue weighted by Crippen LogP contribution is -2.24. The molecule has 1 aromatic heterocycles. The third kappa shape index (κ3) is 2.69. The van der Waals surface area contributed by atoms with Crippen LogP contribution in [-0.2, 0) is 6.42 Å². The summed E-state index contributed by atoms with van der Waals surface area (Å²) in [5, 5.41) is 9.58. The van der Waals surface area contributed by atoms with Crippen molar-refractivity contribution in [1.29, 1.82) is 0 Å². The number of aliphatic imine (C=N–C) groups is 1. The second-order valence-electron chi connectivity index (χ2n) is 4.36. The van der Waals surface area contributed by atoms with Gasteiger partial charge in [-0.2, -0.15) is 0 Å². The number of aromatic hydroxyl groups is 1. The van der Waals surface area contributed by atoms with Crippen molar-refractivity contribution in [3.05, 3.63) is 55.7 Å². The average Bonchev–Trinajstić information content (AvgIpc) is 2.38. The molecule has 0 amide bonds. The fraction of sp³-hybridized carbons (Fsp3) is 0.214. The summed E-state index contributed by atoms with van der Waals surface area (Å²) >= 11 is 0. The van der Waals surface area contributed by atoms with E-state index in [1.54, 1.807) is 0 Å². The number of aryl methyl sites for hydroxylation is 2. The van der Waals surface area contributed by atoms with Gasteiger partial charge in [0.1, 0.15) is 5.56 Å². The minimum atomic E-state index is -0.755. The van der Waals surface area contributed by atoms with Crippen LogP contribution in [0.2, 0.25) is 0 Å².